The molecule has 0 bridgehead atoms. The molecule has 1 atom stereocenters. The van der Waals surface area contributed by atoms with Gasteiger partial charge in [-0.2, -0.15) is 8.78 Å². The van der Waals surface area contributed by atoms with Crippen molar-refractivity contribution in [3.05, 3.63) is 0 Å². The number of amides is 1. The van der Waals surface area contributed by atoms with Gasteiger partial charge in [-0.1, -0.05) is 0 Å². The predicted molar refractivity (Wildman–Crippen MR) is 37.7 cm³/mol. The van der Waals surface area contributed by atoms with Crippen LogP contribution >= 0.6 is 0 Å². The molecule has 0 spiro atoms. The minimum atomic E-state index is -2.73. The summed E-state index contributed by atoms with van der Waals surface area (Å²) in [5, 5.41) is 0. The van der Waals surface area contributed by atoms with Crippen LogP contribution in [0.15, 0.2) is 0 Å². The van der Waals surface area contributed by atoms with Gasteiger partial charge in [0.05, 0.1) is 6.10 Å². The SMILES string of the molecule is CC(=O)N1CCC(OC(F)F)C1. The van der Waals surface area contributed by atoms with Gasteiger partial charge in [-0.15, -0.1) is 0 Å². The molecule has 0 aliphatic carbocycles. The van der Waals surface area contributed by atoms with Crippen molar-refractivity contribution in [2.24, 2.45) is 0 Å². The number of hydrogen-bond donors (Lipinski definition) is 0. The van der Waals surface area contributed by atoms with E-state index in [2.05, 4.69) is 4.74 Å². The van der Waals surface area contributed by atoms with Crippen LogP contribution in [0.1, 0.15) is 13.3 Å². The van der Waals surface area contributed by atoms with E-state index in [1.54, 1.807) is 0 Å². The van der Waals surface area contributed by atoms with E-state index in [-0.39, 0.29) is 5.91 Å². The number of hydrogen-bond acceptors (Lipinski definition) is 2. The van der Waals surface area contributed by atoms with Gasteiger partial charge in [0.2, 0.25) is 5.91 Å². The Bertz CT molecular complexity index is 175. The first-order chi connectivity index (χ1) is 5.59. The van der Waals surface area contributed by atoms with E-state index in [1.807, 2.05) is 0 Å². The summed E-state index contributed by atoms with van der Waals surface area (Å²) < 4.78 is 27.6. The predicted octanol–water partition coefficient (Wildman–Crippen LogP) is 0.846. The maximum Gasteiger partial charge on any atom is 0.345 e. The van der Waals surface area contributed by atoms with Gasteiger partial charge in [-0.05, 0) is 6.42 Å². The Morgan fingerprint density at radius 1 is 1.67 bits per heavy atom. The second kappa shape index (κ2) is 3.80. The van der Waals surface area contributed by atoms with Crippen molar-refractivity contribution < 1.29 is 18.3 Å². The summed E-state index contributed by atoms with van der Waals surface area (Å²) in [7, 11) is 0. The second-order valence-corrected chi connectivity index (χ2v) is 2.77. The number of ether oxygens (including phenoxy) is 1. The smallest absolute Gasteiger partial charge is 0.340 e. The molecule has 12 heavy (non-hydrogen) atoms. The molecule has 1 aliphatic rings. The van der Waals surface area contributed by atoms with E-state index in [9.17, 15) is 13.6 Å². The van der Waals surface area contributed by atoms with E-state index < -0.39 is 12.7 Å². The molecule has 3 nitrogen and oxygen atoms in total. The number of carbonyl (C=O) groups is 1. The summed E-state index contributed by atoms with van der Waals surface area (Å²) >= 11 is 0. The first-order valence-electron chi connectivity index (χ1n) is 3.78. The van der Waals surface area contributed by atoms with Gasteiger partial charge >= 0.3 is 6.61 Å². The summed E-state index contributed by atoms with van der Waals surface area (Å²) in [4.78, 5) is 12.3. The highest BCUT2D eigenvalue weighted by molar-refractivity contribution is 5.73. The van der Waals surface area contributed by atoms with Gasteiger partial charge in [0.1, 0.15) is 0 Å². The number of alkyl halides is 2. The molecule has 1 saturated heterocycles. The molecular weight excluding hydrogens is 168 g/mol. The van der Waals surface area contributed by atoms with E-state index in [0.29, 0.717) is 19.5 Å². The van der Waals surface area contributed by atoms with E-state index in [4.69, 9.17) is 0 Å². The van der Waals surface area contributed by atoms with Crippen molar-refractivity contribution in [3.8, 4) is 0 Å². The molecule has 1 aliphatic heterocycles. The van der Waals surface area contributed by atoms with Gasteiger partial charge in [-0.3, -0.25) is 4.79 Å². The Balaban J connectivity index is 2.30. The third kappa shape index (κ3) is 2.41. The van der Waals surface area contributed by atoms with Crippen LogP contribution in [0.2, 0.25) is 0 Å². The second-order valence-electron chi connectivity index (χ2n) is 2.77. The third-order valence-electron chi connectivity index (χ3n) is 1.89. The van der Waals surface area contributed by atoms with Gasteiger partial charge in [0.25, 0.3) is 0 Å². The summed E-state index contributed by atoms with van der Waals surface area (Å²) in [6.45, 7) is -0.501. The molecule has 1 fully saturated rings. The van der Waals surface area contributed by atoms with Crippen LogP contribution < -0.4 is 0 Å². The fourth-order valence-electron chi connectivity index (χ4n) is 1.27. The molecule has 1 unspecified atom stereocenters. The lowest BCUT2D eigenvalue weighted by molar-refractivity contribution is -0.160. The van der Waals surface area contributed by atoms with Crippen molar-refractivity contribution in [2.45, 2.75) is 26.1 Å². The average molecular weight is 179 g/mol. The molecule has 0 N–H and O–H groups in total. The Hall–Kier alpha value is -0.710. The average Bonchev–Trinajstić information content (AvgIpc) is 2.34. The molecular formula is C7H11F2NO2. The van der Waals surface area contributed by atoms with Crippen molar-refractivity contribution in [2.75, 3.05) is 13.1 Å². The van der Waals surface area contributed by atoms with Crippen LogP contribution in [0.4, 0.5) is 8.78 Å². The maximum absolute atomic E-state index is 11.7. The minimum Gasteiger partial charge on any atom is -0.340 e. The lowest BCUT2D eigenvalue weighted by Gasteiger charge is -2.13. The number of halogens is 2. The highest BCUT2D eigenvalue weighted by Crippen LogP contribution is 2.15. The molecule has 1 amide bonds. The fraction of sp³-hybridized carbons (Fsp3) is 0.857. The Labute approximate surface area is 69.3 Å². The highest BCUT2D eigenvalue weighted by Gasteiger charge is 2.26. The number of likely N-dealkylation sites (tertiary alicyclic amines) is 1. The topological polar surface area (TPSA) is 29.5 Å². The first-order valence-corrected chi connectivity index (χ1v) is 3.78. The third-order valence-corrected chi connectivity index (χ3v) is 1.89. The molecule has 0 aromatic carbocycles. The lowest BCUT2D eigenvalue weighted by atomic mass is 10.3. The lowest BCUT2D eigenvalue weighted by Crippen LogP contribution is -2.28. The van der Waals surface area contributed by atoms with Crippen molar-refractivity contribution in [1.82, 2.24) is 4.90 Å². The van der Waals surface area contributed by atoms with Gasteiger partial charge in [0.15, 0.2) is 0 Å². The minimum absolute atomic E-state index is 0.0876. The summed E-state index contributed by atoms with van der Waals surface area (Å²) in [6, 6.07) is 0. The molecule has 5 heteroatoms. The normalized spacial score (nSPS) is 23.7. The van der Waals surface area contributed by atoms with Crippen LogP contribution in [-0.4, -0.2) is 36.6 Å². The van der Waals surface area contributed by atoms with E-state index in [1.165, 1.54) is 11.8 Å². The number of rotatable bonds is 2. The Morgan fingerprint density at radius 3 is 2.75 bits per heavy atom. The molecule has 0 aromatic rings. The number of nitrogens with zero attached hydrogens (tertiary/aromatic N) is 1. The van der Waals surface area contributed by atoms with Gasteiger partial charge < -0.3 is 9.64 Å². The highest BCUT2D eigenvalue weighted by atomic mass is 19.3. The van der Waals surface area contributed by atoms with Crippen molar-refractivity contribution >= 4 is 5.91 Å². The molecule has 1 rings (SSSR count). The Kier molecular flexibility index (Phi) is 2.97. The van der Waals surface area contributed by atoms with Gasteiger partial charge in [-0.25, -0.2) is 0 Å². The van der Waals surface area contributed by atoms with Crippen molar-refractivity contribution in [3.63, 3.8) is 0 Å². The zero-order valence-corrected chi connectivity index (χ0v) is 6.80. The fourth-order valence-corrected chi connectivity index (χ4v) is 1.27. The number of carbonyl (C=O) groups excluding carboxylic acids is 1. The van der Waals surface area contributed by atoms with Gasteiger partial charge in [0, 0.05) is 20.0 Å². The first kappa shape index (κ1) is 9.38. The molecule has 0 aromatic heterocycles. The summed E-state index contributed by atoms with van der Waals surface area (Å²) in [5.74, 6) is -0.0876. The zero-order chi connectivity index (χ0) is 9.14. The van der Waals surface area contributed by atoms with Crippen LogP contribution in [0, 0.1) is 0 Å². The molecule has 0 radical (unpaired) electrons. The molecule has 0 saturated carbocycles. The van der Waals surface area contributed by atoms with Crippen LogP contribution in [0.3, 0.4) is 0 Å². The van der Waals surface area contributed by atoms with Crippen LogP contribution in [-0.2, 0) is 9.53 Å². The summed E-state index contributed by atoms with van der Waals surface area (Å²) in [6.07, 6.45) is 0.0121. The van der Waals surface area contributed by atoms with Crippen molar-refractivity contribution in [1.29, 1.82) is 0 Å². The van der Waals surface area contributed by atoms with Crippen LogP contribution in [0.25, 0.3) is 0 Å². The molecule has 70 valence electrons. The van der Waals surface area contributed by atoms with E-state index in [0.717, 1.165) is 0 Å². The standard InChI is InChI=1S/C7H11F2NO2/c1-5(11)10-3-2-6(4-10)12-7(8)9/h6-7H,2-4H2,1H3. The Morgan fingerprint density at radius 2 is 2.33 bits per heavy atom. The summed E-state index contributed by atoms with van der Waals surface area (Å²) in [5.41, 5.74) is 0. The maximum atomic E-state index is 11.7. The quantitative estimate of drug-likeness (QED) is 0.628. The van der Waals surface area contributed by atoms with E-state index >= 15 is 0 Å². The molecule has 1 heterocycles. The van der Waals surface area contributed by atoms with Crippen LogP contribution in [0.5, 0.6) is 0 Å². The largest absolute Gasteiger partial charge is 0.345 e. The zero-order valence-electron chi connectivity index (χ0n) is 6.80. The monoisotopic (exact) mass is 179 g/mol.